The van der Waals surface area contributed by atoms with E-state index in [-0.39, 0.29) is 52.7 Å². The number of methoxy groups -OCH3 is 1. The molecule has 2 aromatic carbocycles. The number of hydrogen-bond donors (Lipinski definition) is 2. The van der Waals surface area contributed by atoms with Crippen LogP contribution in [-0.4, -0.2) is 53.2 Å². The lowest BCUT2D eigenvalue weighted by Crippen LogP contribution is -2.33. The van der Waals surface area contributed by atoms with Crippen LogP contribution >= 0.6 is 11.6 Å². The van der Waals surface area contributed by atoms with Gasteiger partial charge < -0.3 is 24.6 Å². The monoisotopic (exact) mass is 459 g/mol. The number of phenolic OH excluding ortho intramolecular Hbond substituents is 1. The number of benzene rings is 2. The molecule has 1 aliphatic heterocycles. The number of carbonyl (C=O) groups is 2. The van der Waals surface area contributed by atoms with Gasteiger partial charge in [0.25, 0.3) is 11.7 Å². The van der Waals surface area contributed by atoms with Gasteiger partial charge >= 0.3 is 0 Å². The molecule has 3 rings (SSSR count). The molecule has 0 bridgehead atoms. The van der Waals surface area contributed by atoms with Crippen molar-refractivity contribution in [3.8, 4) is 11.5 Å². The molecular weight excluding hydrogens is 434 g/mol. The summed E-state index contributed by atoms with van der Waals surface area (Å²) in [5.74, 6) is -1.69. The minimum absolute atomic E-state index is 0.0426. The van der Waals surface area contributed by atoms with Gasteiger partial charge in [0.1, 0.15) is 17.3 Å². The maximum absolute atomic E-state index is 13.1. The van der Waals surface area contributed by atoms with Crippen LogP contribution in [0.4, 0.5) is 0 Å². The number of ketones is 1. The quantitative estimate of drug-likeness (QED) is 0.366. The fraction of sp³-hybridized carbons (Fsp3) is 0.333. The van der Waals surface area contributed by atoms with E-state index in [0.717, 1.165) is 5.56 Å². The number of halogens is 1. The van der Waals surface area contributed by atoms with Gasteiger partial charge in [-0.25, -0.2) is 0 Å². The number of rotatable bonds is 7. The lowest BCUT2D eigenvalue weighted by atomic mass is 9.94. The molecular formula is C24H26ClNO6. The highest BCUT2D eigenvalue weighted by Crippen LogP contribution is 2.42. The summed E-state index contributed by atoms with van der Waals surface area (Å²) in [5.41, 5.74) is 1.45. The highest BCUT2D eigenvalue weighted by Gasteiger charge is 2.46. The summed E-state index contributed by atoms with van der Waals surface area (Å²) in [4.78, 5) is 27.4. The van der Waals surface area contributed by atoms with Crippen LogP contribution in [0.3, 0.4) is 0 Å². The summed E-state index contributed by atoms with van der Waals surface area (Å²) in [6.45, 7) is 5.91. The summed E-state index contributed by atoms with van der Waals surface area (Å²) >= 11 is 6.28. The highest BCUT2D eigenvalue weighted by atomic mass is 35.5. The molecule has 2 N–H and O–H groups in total. The molecule has 1 fully saturated rings. The predicted molar refractivity (Wildman–Crippen MR) is 121 cm³/mol. The van der Waals surface area contributed by atoms with Gasteiger partial charge in [0, 0.05) is 6.54 Å². The summed E-state index contributed by atoms with van der Waals surface area (Å²) < 4.78 is 10.9. The van der Waals surface area contributed by atoms with Gasteiger partial charge in [-0.3, -0.25) is 9.59 Å². The molecule has 0 radical (unpaired) electrons. The van der Waals surface area contributed by atoms with Crippen LogP contribution in [0.1, 0.15) is 36.6 Å². The number of amides is 1. The average Bonchev–Trinajstić information content (AvgIpc) is 2.98. The Morgan fingerprint density at radius 2 is 1.84 bits per heavy atom. The zero-order chi connectivity index (χ0) is 23.6. The maximum Gasteiger partial charge on any atom is 0.295 e. The number of aliphatic hydroxyl groups is 1. The van der Waals surface area contributed by atoms with Gasteiger partial charge in [-0.2, -0.15) is 0 Å². The SMILES string of the molecule is COc1c(Cl)cc(C)cc1/C(O)=C1\C(=O)C(=O)N(CCOC(C)C)C1c1ccc(O)cc1. The lowest BCUT2D eigenvalue weighted by Gasteiger charge is -2.26. The molecule has 1 heterocycles. The second kappa shape index (κ2) is 9.63. The molecule has 1 amide bonds. The maximum atomic E-state index is 13.1. The Labute approximate surface area is 191 Å². The van der Waals surface area contributed by atoms with Gasteiger partial charge in [-0.15, -0.1) is 0 Å². The summed E-state index contributed by atoms with van der Waals surface area (Å²) in [7, 11) is 1.41. The third kappa shape index (κ3) is 4.59. The molecule has 0 saturated carbocycles. The number of aryl methyl sites for hydroxylation is 1. The molecule has 1 atom stereocenters. The van der Waals surface area contributed by atoms with Gasteiger partial charge in [0.2, 0.25) is 0 Å². The summed E-state index contributed by atoms with van der Waals surface area (Å²) in [6, 6.07) is 8.59. The number of aromatic hydroxyl groups is 1. The molecule has 7 nitrogen and oxygen atoms in total. The Hall–Kier alpha value is -3.03. The number of hydrogen-bond acceptors (Lipinski definition) is 6. The van der Waals surface area contributed by atoms with Crippen molar-refractivity contribution in [1.29, 1.82) is 0 Å². The fourth-order valence-corrected chi connectivity index (χ4v) is 4.11. The van der Waals surface area contributed by atoms with Crippen molar-refractivity contribution >= 4 is 29.1 Å². The molecule has 8 heteroatoms. The Bertz CT molecular complexity index is 1060. The molecule has 170 valence electrons. The van der Waals surface area contributed by atoms with E-state index in [1.165, 1.54) is 24.1 Å². The molecule has 1 aliphatic rings. The molecule has 1 saturated heterocycles. The smallest absolute Gasteiger partial charge is 0.295 e. The molecule has 0 aromatic heterocycles. The third-order valence-corrected chi connectivity index (χ3v) is 5.46. The Morgan fingerprint density at radius 1 is 1.19 bits per heavy atom. The van der Waals surface area contributed by atoms with Crippen molar-refractivity contribution < 1.29 is 29.3 Å². The van der Waals surface area contributed by atoms with Gasteiger partial charge in [-0.05, 0) is 56.2 Å². The number of nitrogens with zero attached hydrogens (tertiary/aromatic N) is 1. The van der Waals surface area contributed by atoms with Crippen LogP contribution < -0.4 is 4.74 Å². The first-order valence-corrected chi connectivity index (χ1v) is 10.6. The molecule has 0 spiro atoms. The first-order valence-electron chi connectivity index (χ1n) is 10.2. The molecule has 1 unspecified atom stereocenters. The zero-order valence-corrected chi connectivity index (χ0v) is 19.1. The number of Topliss-reactive ketones (excluding diaryl/α,β-unsaturated/α-hetero) is 1. The predicted octanol–water partition coefficient (Wildman–Crippen LogP) is 4.21. The van der Waals surface area contributed by atoms with E-state index >= 15 is 0 Å². The topological polar surface area (TPSA) is 96.3 Å². The van der Waals surface area contributed by atoms with E-state index in [0.29, 0.717) is 5.56 Å². The normalized spacial score (nSPS) is 17.9. The first kappa shape index (κ1) is 23.6. The number of aliphatic hydroxyl groups excluding tert-OH is 1. The Kier molecular flexibility index (Phi) is 7.11. The van der Waals surface area contributed by atoms with E-state index in [2.05, 4.69) is 0 Å². The van der Waals surface area contributed by atoms with Crippen molar-refractivity contribution in [2.75, 3.05) is 20.3 Å². The summed E-state index contributed by atoms with van der Waals surface area (Å²) in [6.07, 6.45) is -0.0439. The minimum atomic E-state index is -0.865. The largest absolute Gasteiger partial charge is 0.508 e. The highest BCUT2D eigenvalue weighted by molar-refractivity contribution is 6.46. The van der Waals surface area contributed by atoms with Crippen LogP contribution in [-0.2, 0) is 14.3 Å². The van der Waals surface area contributed by atoms with Crippen molar-refractivity contribution in [2.45, 2.75) is 32.9 Å². The Balaban J connectivity index is 2.18. The van der Waals surface area contributed by atoms with Crippen LogP contribution in [0.5, 0.6) is 11.5 Å². The number of carbonyl (C=O) groups excluding carboxylic acids is 2. The lowest BCUT2D eigenvalue weighted by molar-refractivity contribution is -0.140. The van der Waals surface area contributed by atoms with Gasteiger partial charge in [0.15, 0.2) is 0 Å². The van der Waals surface area contributed by atoms with E-state index in [1.807, 2.05) is 13.8 Å². The van der Waals surface area contributed by atoms with Gasteiger partial charge in [-0.1, -0.05) is 23.7 Å². The van der Waals surface area contributed by atoms with Crippen LogP contribution in [0, 0.1) is 6.92 Å². The van der Waals surface area contributed by atoms with E-state index in [4.69, 9.17) is 21.1 Å². The van der Waals surface area contributed by atoms with E-state index < -0.39 is 17.7 Å². The zero-order valence-electron chi connectivity index (χ0n) is 18.4. The fourth-order valence-electron chi connectivity index (χ4n) is 3.76. The minimum Gasteiger partial charge on any atom is -0.508 e. The van der Waals surface area contributed by atoms with Crippen LogP contribution in [0.2, 0.25) is 5.02 Å². The number of ether oxygens (including phenoxy) is 2. The average molecular weight is 460 g/mol. The van der Waals surface area contributed by atoms with Crippen LogP contribution in [0.25, 0.3) is 5.76 Å². The molecule has 0 aliphatic carbocycles. The van der Waals surface area contributed by atoms with E-state index in [9.17, 15) is 19.8 Å². The summed E-state index contributed by atoms with van der Waals surface area (Å²) in [5, 5.41) is 21.2. The van der Waals surface area contributed by atoms with Crippen molar-refractivity contribution in [2.24, 2.45) is 0 Å². The number of phenols is 1. The molecule has 32 heavy (non-hydrogen) atoms. The molecule has 2 aromatic rings. The Morgan fingerprint density at radius 3 is 2.44 bits per heavy atom. The van der Waals surface area contributed by atoms with Crippen molar-refractivity contribution in [3.05, 3.63) is 63.7 Å². The second-order valence-electron chi connectivity index (χ2n) is 7.83. The second-order valence-corrected chi connectivity index (χ2v) is 8.24. The van der Waals surface area contributed by atoms with Crippen molar-refractivity contribution in [1.82, 2.24) is 4.90 Å². The van der Waals surface area contributed by atoms with Crippen molar-refractivity contribution in [3.63, 3.8) is 0 Å². The standard InChI is InChI=1S/C24H26ClNO6/c1-13(2)32-10-9-26-20(15-5-7-16(27)8-6-15)19(22(29)24(26)30)21(28)17-11-14(3)12-18(25)23(17)31-4/h5-8,11-13,20,27-28H,9-10H2,1-4H3/b21-19+. The van der Waals surface area contributed by atoms with Crippen LogP contribution in [0.15, 0.2) is 42.0 Å². The number of likely N-dealkylation sites (tertiary alicyclic amines) is 1. The van der Waals surface area contributed by atoms with Gasteiger partial charge in [0.05, 0.1) is 42.0 Å². The van der Waals surface area contributed by atoms with E-state index in [1.54, 1.807) is 31.2 Å². The first-order chi connectivity index (χ1) is 15.1. The third-order valence-electron chi connectivity index (χ3n) is 5.18.